The van der Waals surface area contributed by atoms with Crippen LogP contribution in [0.5, 0.6) is 0 Å². The Morgan fingerprint density at radius 2 is 1.94 bits per heavy atom. The molecule has 1 aliphatic carbocycles. The van der Waals surface area contributed by atoms with Crippen LogP contribution in [0.15, 0.2) is 0 Å². The molecule has 0 radical (unpaired) electrons. The average molecular weight is 232 g/mol. The summed E-state index contributed by atoms with van der Waals surface area (Å²) in [7, 11) is 0. The zero-order valence-electron chi connectivity index (χ0n) is 8.84. The van der Waals surface area contributed by atoms with Gasteiger partial charge in [0.05, 0.1) is 13.1 Å². The quantitative estimate of drug-likeness (QED) is 0.754. The number of carbonyl (C=O) groups excluding carboxylic acids is 2. The van der Waals surface area contributed by atoms with Gasteiger partial charge in [-0.05, 0) is 12.8 Å². The van der Waals surface area contributed by atoms with Crippen LogP contribution < -0.4 is 5.32 Å². The third kappa shape index (κ3) is 1.66. The maximum absolute atomic E-state index is 12.4. The van der Waals surface area contributed by atoms with Crippen LogP contribution in [-0.4, -0.2) is 41.8 Å². The van der Waals surface area contributed by atoms with Crippen molar-refractivity contribution in [3.63, 3.8) is 0 Å². The van der Waals surface area contributed by atoms with Crippen molar-refractivity contribution >= 4 is 11.8 Å². The summed E-state index contributed by atoms with van der Waals surface area (Å²) in [6.45, 7) is -0.792. The topological polar surface area (TPSA) is 49.4 Å². The number of hydrogen-bond donors (Lipinski definition) is 1. The van der Waals surface area contributed by atoms with Gasteiger partial charge in [-0.25, -0.2) is 8.78 Å². The van der Waals surface area contributed by atoms with E-state index in [0.717, 1.165) is 17.7 Å². The predicted molar refractivity (Wildman–Crippen MR) is 51.9 cm³/mol. The molecule has 0 aromatic rings. The van der Waals surface area contributed by atoms with E-state index in [-0.39, 0.29) is 12.5 Å². The van der Waals surface area contributed by atoms with Gasteiger partial charge in [-0.3, -0.25) is 9.59 Å². The number of alkyl halides is 2. The summed E-state index contributed by atoms with van der Waals surface area (Å²) in [5.41, 5.74) is -0.994. The van der Waals surface area contributed by atoms with Crippen molar-refractivity contribution in [1.29, 1.82) is 0 Å². The fourth-order valence-electron chi connectivity index (χ4n) is 2.65. The summed E-state index contributed by atoms with van der Waals surface area (Å²) in [6.07, 6.45) is 0.0162. The van der Waals surface area contributed by atoms with Gasteiger partial charge in [-0.2, -0.15) is 0 Å². The molecule has 0 aromatic carbocycles. The fourth-order valence-corrected chi connectivity index (χ4v) is 2.65. The molecule has 0 atom stereocenters. The molecule has 1 aliphatic heterocycles. The highest BCUT2D eigenvalue weighted by atomic mass is 19.3. The van der Waals surface area contributed by atoms with E-state index in [0.29, 0.717) is 12.8 Å². The summed E-state index contributed by atoms with van der Waals surface area (Å²) < 4.78 is 24.9. The molecule has 1 heterocycles. The van der Waals surface area contributed by atoms with Crippen molar-refractivity contribution in [2.24, 2.45) is 0 Å². The highest BCUT2D eigenvalue weighted by molar-refractivity contribution is 5.98. The maximum Gasteiger partial charge on any atom is 0.255 e. The van der Waals surface area contributed by atoms with Gasteiger partial charge in [-0.1, -0.05) is 12.8 Å². The summed E-state index contributed by atoms with van der Waals surface area (Å²) in [4.78, 5) is 24.5. The molecule has 0 unspecified atom stereocenters. The van der Waals surface area contributed by atoms with E-state index in [1.807, 2.05) is 0 Å². The van der Waals surface area contributed by atoms with Crippen LogP contribution in [0.2, 0.25) is 0 Å². The van der Waals surface area contributed by atoms with Gasteiger partial charge in [0.15, 0.2) is 0 Å². The number of piperazine rings is 1. The SMILES string of the molecule is O=C1CNC(=O)C2(CCCC2)N1CC(F)F. The van der Waals surface area contributed by atoms with Crippen LogP contribution in [0.4, 0.5) is 8.78 Å². The molecule has 4 nitrogen and oxygen atoms in total. The minimum atomic E-state index is -2.59. The number of nitrogens with one attached hydrogen (secondary N) is 1. The molecule has 2 amide bonds. The smallest absolute Gasteiger partial charge is 0.255 e. The first-order valence-electron chi connectivity index (χ1n) is 5.43. The molecule has 1 saturated carbocycles. The molecule has 2 rings (SSSR count). The second-order valence-corrected chi connectivity index (χ2v) is 4.32. The molecular formula is C10H14F2N2O2. The number of hydrogen-bond acceptors (Lipinski definition) is 2. The number of amides is 2. The Hall–Kier alpha value is -1.20. The molecular weight excluding hydrogens is 218 g/mol. The van der Waals surface area contributed by atoms with E-state index in [2.05, 4.69) is 5.32 Å². The van der Waals surface area contributed by atoms with E-state index >= 15 is 0 Å². The summed E-state index contributed by atoms with van der Waals surface area (Å²) in [6, 6.07) is 0. The van der Waals surface area contributed by atoms with Gasteiger partial charge in [0.1, 0.15) is 5.54 Å². The van der Waals surface area contributed by atoms with Crippen LogP contribution in [0.1, 0.15) is 25.7 Å². The van der Waals surface area contributed by atoms with Crippen LogP contribution >= 0.6 is 0 Å². The maximum atomic E-state index is 12.4. The average Bonchev–Trinajstić information content (AvgIpc) is 2.69. The minimum absolute atomic E-state index is 0.159. The highest BCUT2D eigenvalue weighted by Gasteiger charge is 2.51. The van der Waals surface area contributed by atoms with Gasteiger partial charge in [0.2, 0.25) is 11.8 Å². The molecule has 1 saturated heterocycles. The number of rotatable bonds is 2. The van der Waals surface area contributed by atoms with Crippen molar-refractivity contribution in [3.8, 4) is 0 Å². The zero-order chi connectivity index (χ0) is 11.8. The first kappa shape index (κ1) is 11.3. The van der Waals surface area contributed by atoms with E-state index in [9.17, 15) is 18.4 Å². The molecule has 1 N–H and O–H groups in total. The Morgan fingerprint density at radius 1 is 1.31 bits per heavy atom. The predicted octanol–water partition coefficient (Wildman–Crippen LogP) is 0.523. The monoisotopic (exact) mass is 232 g/mol. The summed E-state index contributed by atoms with van der Waals surface area (Å²) >= 11 is 0. The van der Waals surface area contributed by atoms with E-state index in [1.165, 1.54) is 0 Å². The van der Waals surface area contributed by atoms with Gasteiger partial charge in [-0.15, -0.1) is 0 Å². The van der Waals surface area contributed by atoms with Crippen molar-refractivity contribution in [1.82, 2.24) is 10.2 Å². The molecule has 1 spiro atoms. The lowest BCUT2D eigenvalue weighted by atomic mass is 9.91. The van der Waals surface area contributed by atoms with Crippen molar-refractivity contribution in [2.45, 2.75) is 37.6 Å². The zero-order valence-corrected chi connectivity index (χ0v) is 8.84. The summed E-state index contributed by atoms with van der Waals surface area (Å²) in [5.74, 6) is -0.674. The number of halogens is 2. The largest absolute Gasteiger partial charge is 0.345 e. The normalized spacial score (nSPS) is 24.3. The van der Waals surface area contributed by atoms with Crippen LogP contribution in [0.25, 0.3) is 0 Å². The van der Waals surface area contributed by atoms with Gasteiger partial charge >= 0.3 is 0 Å². The minimum Gasteiger partial charge on any atom is -0.345 e. The van der Waals surface area contributed by atoms with E-state index < -0.39 is 24.4 Å². The van der Waals surface area contributed by atoms with Crippen LogP contribution in [0.3, 0.4) is 0 Å². The molecule has 90 valence electrons. The number of nitrogens with zero attached hydrogens (tertiary/aromatic N) is 1. The molecule has 16 heavy (non-hydrogen) atoms. The van der Waals surface area contributed by atoms with Gasteiger partial charge in [0.25, 0.3) is 6.43 Å². The molecule has 0 aromatic heterocycles. The van der Waals surface area contributed by atoms with Gasteiger partial charge < -0.3 is 10.2 Å². The van der Waals surface area contributed by atoms with E-state index in [1.54, 1.807) is 0 Å². The van der Waals surface area contributed by atoms with Crippen LogP contribution in [0, 0.1) is 0 Å². The lowest BCUT2D eigenvalue weighted by molar-refractivity contribution is -0.156. The first-order chi connectivity index (χ1) is 7.56. The lowest BCUT2D eigenvalue weighted by Crippen LogP contribution is -2.66. The highest BCUT2D eigenvalue weighted by Crippen LogP contribution is 2.37. The molecule has 0 bridgehead atoms. The second kappa shape index (κ2) is 3.99. The third-order valence-corrected chi connectivity index (χ3v) is 3.39. The Balaban J connectivity index is 2.26. The Kier molecular flexibility index (Phi) is 2.82. The fraction of sp³-hybridized carbons (Fsp3) is 0.800. The number of carbonyl (C=O) groups is 2. The van der Waals surface area contributed by atoms with Crippen molar-refractivity contribution in [3.05, 3.63) is 0 Å². The Bertz CT molecular complexity index is 314. The van der Waals surface area contributed by atoms with E-state index in [4.69, 9.17) is 0 Å². The molecule has 6 heteroatoms. The lowest BCUT2D eigenvalue weighted by Gasteiger charge is -2.43. The molecule has 2 fully saturated rings. The third-order valence-electron chi connectivity index (χ3n) is 3.39. The van der Waals surface area contributed by atoms with Crippen LogP contribution in [-0.2, 0) is 9.59 Å². The molecule has 2 aliphatic rings. The standard InChI is InChI=1S/C10H14F2N2O2/c11-7(12)6-14-8(15)5-13-9(16)10(14)3-1-2-4-10/h7H,1-6H2,(H,13,16). The van der Waals surface area contributed by atoms with Crippen molar-refractivity contribution < 1.29 is 18.4 Å². The van der Waals surface area contributed by atoms with Gasteiger partial charge in [0, 0.05) is 0 Å². The first-order valence-corrected chi connectivity index (χ1v) is 5.43. The Labute approximate surface area is 92.0 Å². The summed E-state index contributed by atoms with van der Waals surface area (Å²) in [5, 5.41) is 2.49. The Morgan fingerprint density at radius 3 is 2.50 bits per heavy atom. The van der Waals surface area contributed by atoms with Crippen molar-refractivity contribution in [2.75, 3.05) is 13.1 Å². The second-order valence-electron chi connectivity index (χ2n) is 4.32.